The zero-order valence-corrected chi connectivity index (χ0v) is 15.0. The largest absolute Gasteiger partial charge is 0.391 e. The van der Waals surface area contributed by atoms with Crippen molar-refractivity contribution in [1.29, 1.82) is 0 Å². The number of nitrogens with one attached hydrogen (secondary N) is 1. The molecule has 1 N–H and O–H groups in total. The van der Waals surface area contributed by atoms with E-state index in [9.17, 15) is 13.2 Å². The van der Waals surface area contributed by atoms with Crippen LogP contribution >= 0.6 is 0 Å². The van der Waals surface area contributed by atoms with Gasteiger partial charge in [-0.2, -0.15) is 13.2 Å². The number of fused-ring (bicyclic) bond motifs is 1. The summed E-state index contributed by atoms with van der Waals surface area (Å²) in [5, 5.41) is 0. The molecule has 1 aliphatic heterocycles. The van der Waals surface area contributed by atoms with Crippen molar-refractivity contribution in [3.05, 3.63) is 54.1 Å². The Hall–Kier alpha value is -2.34. The molecule has 0 saturated carbocycles. The Morgan fingerprint density at radius 2 is 1.81 bits per heavy atom. The number of rotatable bonds is 4. The van der Waals surface area contributed by atoms with Gasteiger partial charge in [-0.05, 0) is 56.1 Å². The van der Waals surface area contributed by atoms with E-state index < -0.39 is 12.1 Å². The fourth-order valence-corrected chi connectivity index (χ4v) is 3.73. The lowest BCUT2D eigenvalue weighted by atomic mass is 9.96. The van der Waals surface area contributed by atoms with E-state index in [0.29, 0.717) is 13.1 Å². The highest BCUT2D eigenvalue weighted by molar-refractivity contribution is 5.79. The number of likely N-dealkylation sites (tertiary alicyclic amines) is 1. The number of piperidine rings is 1. The van der Waals surface area contributed by atoms with Gasteiger partial charge in [0.1, 0.15) is 5.82 Å². The van der Waals surface area contributed by atoms with Gasteiger partial charge in [0.25, 0.3) is 0 Å². The zero-order chi connectivity index (χ0) is 18.9. The first-order valence-corrected chi connectivity index (χ1v) is 9.32. The summed E-state index contributed by atoms with van der Waals surface area (Å²) in [5.74, 6) is -0.297. The number of benzene rings is 2. The van der Waals surface area contributed by atoms with Gasteiger partial charge in [0.15, 0.2) is 0 Å². The molecule has 2 heterocycles. The molecule has 0 unspecified atom stereocenters. The molecule has 3 aromatic rings. The molecule has 1 fully saturated rings. The molecule has 142 valence electrons. The van der Waals surface area contributed by atoms with Crippen LogP contribution in [0.4, 0.5) is 13.2 Å². The molecule has 1 saturated heterocycles. The summed E-state index contributed by atoms with van der Waals surface area (Å²) in [6.45, 7) is 1.83. The van der Waals surface area contributed by atoms with Crippen LogP contribution in [0.5, 0.6) is 0 Å². The molecular formula is C21H22F3N3. The van der Waals surface area contributed by atoms with Gasteiger partial charge in [-0.25, -0.2) is 4.98 Å². The quantitative estimate of drug-likeness (QED) is 0.694. The van der Waals surface area contributed by atoms with Gasteiger partial charge >= 0.3 is 6.18 Å². The van der Waals surface area contributed by atoms with Crippen molar-refractivity contribution in [2.24, 2.45) is 5.92 Å². The molecule has 1 aromatic heterocycles. The van der Waals surface area contributed by atoms with E-state index in [1.54, 1.807) is 0 Å². The second kappa shape index (κ2) is 7.35. The normalized spacial score (nSPS) is 16.9. The number of aromatic amines is 1. The molecular weight excluding hydrogens is 351 g/mol. The number of aromatic nitrogens is 2. The Bertz CT molecular complexity index is 875. The minimum absolute atomic E-state index is 0.211. The minimum Gasteiger partial charge on any atom is -0.338 e. The van der Waals surface area contributed by atoms with Crippen molar-refractivity contribution in [3.8, 4) is 11.4 Å². The predicted molar refractivity (Wildman–Crippen MR) is 100 cm³/mol. The van der Waals surface area contributed by atoms with Crippen molar-refractivity contribution >= 4 is 11.0 Å². The van der Waals surface area contributed by atoms with Gasteiger partial charge in [0.2, 0.25) is 0 Å². The summed E-state index contributed by atoms with van der Waals surface area (Å²) in [7, 11) is 0. The Morgan fingerprint density at radius 3 is 2.56 bits per heavy atom. The van der Waals surface area contributed by atoms with E-state index >= 15 is 0 Å². The molecule has 0 aliphatic carbocycles. The Balaban J connectivity index is 1.39. The number of nitrogens with zero attached hydrogens (tertiary/aromatic N) is 2. The third kappa shape index (κ3) is 4.16. The average molecular weight is 373 g/mol. The molecule has 4 rings (SSSR count). The zero-order valence-electron chi connectivity index (χ0n) is 15.0. The first-order chi connectivity index (χ1) is 13.0. The van der Waals surface area contributed by atoms with Crippen molar-refractivity contribution in [3.63, 3.8) is 0 Å². The lowest BCUT2D eigenvalue weighted by Gasteiger charge is -2.32. The molecule has 6 heteroatoms. The van der Waals surface area contributed by atoms with Gasteiger partial charge in [-0.3, -0.25) is 0 Å². The maximum absolute atomic E-state index is 12.8. The van der Waals surface area contributed by atoms with E-state index in [1.807, 2.05) is 36.4 Å². The van der Waals surface area contributed by atoms with Crippen LogP contribution in [0.1, 0.15) is 18.4 Å². The summed E-state index contributed by atoms with van der Waals surface area (Å²) in [4.78, 5) is 10.1. The second-order valence-corrected chi connectivity index (χ2v) is 7.21. The number of imidazole rings is 1. The Morgan fingerprint density at radius 1 is 1.04 bits per heavy atom. The molecule has 0 amide bonds. The molecule has 0 radical (unpaired) electrons. The van der Waals surface area contributed by atoms with Gasteiger partial charge < -0.3 is 9.88 Å². The fraction of sp³-hybridized carbons (Fsp3) is 0.381. The maximum Gasteiger partial charge on any atom is 0.391 e. The smallest absolute Gasteiger partial charge is 0.338 e. The monoisotopic (exact) mass is 373 g/mol. The third-order valence-electron chi connectivity index (χ3n) is 5.36. The second-order valence-electron chi connectivity index (χ2n) is 7.21. The molecule has 27 heavy (non-hydrogen) atoms. The lowest BCUT2D eigenvalue weighted by Crippen LogP contribution is -2.39. The van der Waals surface area contributed by atoms with E-state index in [2.05, 4.69) is 27.0 Å². The van der Waals surface area contributed by atoms with Crippen molar-refractivity contribution in [2.45, 2.75) is 25.4 Å². The molecule has 1 aliphatic rings. The van der Waals surface area contributed by atoms with Crippen molar-refractivity contribution in [1.82, 2.24) is 14.9 Å². The van der Waals surface area contributed by atoms with Gasteiger partial charge in [0, 0.05) is 12.1 Å². The van der Waals surface area contributed by atoms with E-state index in [1.165, 1.54) is 5.56 Å². The summed E-state index contributed by atoms with van der Waals surface area (Å²) in [6, 6.07) is 16.1. The number of H-pyrrole nitrogens is 1. The molecule has 0 bridgehead atoms. The van der Waals surface area contributed by atoms with Crippen molar-refractivity contribution in [2.75, 3.05) is 19.6 Å². The lowest BCUT2D eigenvalue weighted by molar-refractivity contribution is -0.185. The Labute approximate surface area is 156 Å². The number of hydrogen-bond donors (Lipinski definition) is 1. The highest BCUT2D eigenvalue weighted by atomic mass is 19.4. The predicted octanol–water partition coefficient (Wildman–Crippen LogP) is 5.05. The topological polar surface area (TPSA) is 31.9 Å². The van der Waals surface area contributed by atoms with Crippen molar-refractivity contribution < 1.29 is 13.2 Å². The molecule has 3 nitrogen and oxygen atoms in total. The Kier molecular flexibility index (Phi) is 4.91. The van der Waals surface area contributed by atoms with Crippen LogP contribution in [-0.2, 0) is 6.42 Å². The van der Waals surface area contributed by atoms with E-state index in [4.69, 9.17) is 0 Å². The van der Waals surface area contributed by atoms with Crippen LogP contribution in [0.15, 0.2) is 48.5 Å². The highest BCUT2D eigenvalue weighted by Gasteiger charge is 2.40. The SMILES string of the molecule is FC(F)(F)C1CCN(CCc2cccc(-c3nc4ccccc4[nH]3)c2)CC1. The molecule has 2 aromatic carbocycles. The number of para-hydroxylation sites is 2. The van der Waals surface area contributed by atoms with Crippen LogP contribution in [0.2, 0.25) is 0 Å². The van der Waals surface area contributed by atoms with Gasteiger partial charge in [-0.15, -0.1) is 0 Å². The average Bonchev–Trinajstić information content (AvgIpc) is 3.11. The summed E-state index contributed by atoms with van der Waals surface area (Å²) in [5.41, 5.74) is 4.14. The summed E-state index contributed by atoms with van der Waals surface area (Å²) < 4.78 is 38.3. The maximum atomic E-state index is 12.8. The number of halogens is 3. The first-order valence-electron chi connectivity index (χ1n) is 9.32. The van der Waals surface area contributed by atoms with Crippen LogP contribution in [0.25, 0.3) is 22.4 Å². The molecule has 0 atom stereocenters. The summed E-state index contributed by atoms with van der Waals surface area (Å²) in [6.07, 6.45) is -2.80. The summed E-state index contributed by atoms with van der Waals surface area (Å²) >= 11 is 0. The third-order valence-corrected chi connectivity index (χ3v) is 5.36. The van der Waals surface area contributed by atoms with Crippen LogP contribution < -0.4 is 0 Å². The first kappa shape index (κ1) is 18.0. The van der Waals surface area contributed by atoms with Crippen LogP contribution in [0.3, 0.4) is 0 Å². The molecule has 0 spiro atoms. The number of alkyl halides is 3. The van der Waals surface area contributed by atoms with Gasteiger partial charge in [0.05, 0.1) is 17.0 Å². The number of hydrogen-bond acceptors (Lipinski definition) is 2. The van der Waals surface area contributed by atoms with Gasteiger partial charge in [-0.1, -0.05) is 30.3 Å². The van der Waals surface area contributed by atoms with E-state index in [-0.39, 0.29) is 12.8 Å². The fourth-order valence-electron chi connectivity index (χ4n) is 3.73. The minimum atomic E-state index is -4.05. The highest BCUT2D eigenvalue weighted by Crippen LogP contribution is 2.34. The van der Waals surface area contributed by atoms with E-state index in [0.717, 1.165) is 35.4 Å². The standard InChI is InChI=1S/C21H22F3N3/c22-21(23,24)17-9-12-27(13-10-17)11-8-15-4-3-5-16(14-15)20-25-18-6-1-2-7-19(18)26-20/h1-7,14,17H,8-13H2,(H,25,26). The van der Waals surface area contributed by atoms with Crippen LogP contribution in [0, 0.1) is 5.92 Å². The van der Waals surface area contributed by atoms with Crippen LogP contribution in [-0.4, -0.2) is 40.7 Å².